The number of rotatable bonds is 4. The highest BCUT2D eigenvalue weighted by molar-refractivity contribution is 14.1. The number of aryl methyl sites for hydroxylation is 1. The van der Waals surface area contributed by atoms with Crippen LogP contribution in [0.5, 0.6) is 0 Å². The predicted octanol–water partition coefficient (Wildman–Crippen LogP) is 3.29. The van der Waals surface area contributed by atoms with Crippen molar-refractivity contribution in [3.63, 3.8) is 0 Å². The van der Waals surface area contributed by atoms with Crippen LogP contribution in [0.3, 0.4) is 0 Å². The van der Waals surface area contributed by atoms with Gasteiger partial charge in [-0.2, -0.15) is 0 Å². The van der Waals surface area contributed by atoms with E-state index in [-0.39, 0.29) is 0 Å². The molecule has 2 aromatic rings. The van der Waals surface area contributed by atoms with Crippen molar-refractivity contribution in [2.45, 2.75) is 11.8 Å². The van der Waals surface area contributed by atoms with Gasteiger partial charge in [-0.05, 0) is 65.4 Å². The molecule has 2 rings (SSSR count). The lowest BCUT2D eigenvalue weighted by Crippen LogP contribution is -2.21. The molecule has 0 spiro atoms. The normalized spacial score (nSPS) is 11.5. The van der Waals surface area contributed by atoms with Crippen molar-refractivity contribution in [3.05, 3.63) is 51.1 Å². The van der Waals surface area contributed by atoms with Gasteiger partial charge in [0.2, 0.25) is 0 Å². The molecule has 9 heteroatoms. The van der Waals surface area contributed by atoms with E-state index in [1.807, 2.05) is 0 Å². The molecule has 0 saturated carbocycles. The summed E-state index contributed by atoms with van der Waals surface area (Å²) in [5.74, 6) is -2.56. The molecule has 0 amide bonds. The minimum Gasteiger partial charge on any atom is -0.352 e. The van der Waals surface area contributed by atoms with Crippen molar-refractivity contribution in [1.82, 2.24) is 4.89 Å². The van der Waals surface area contributed by atoms with Gasteiger partial charge in [-0.25, -0.2) is 17.2 Å². The molecule has 0 fully saturated rings. The lowest BCUT2D eigenvalue weighted by Gasteiger charge is -2.15. The zero-order chi connectivity index (χ0) is 16.5. The average molecular weight is 440 g/mol. The minimum atomic E-state index is -4.37. The van der Waals surface area contributed by atoms with Crippen LogP contribution in [0.2, 0.25) is 0 Å². The molecule has 3 N–H and O–H groups in total. The molecule has 0 unspecified atom stereocenters. The molecule has 5 nitrogen and oxygen atoms in total. The van der Waals surface area contributed by atoms with Gasteiger partial charge < -0.3 is 10.5 Å². The summed E-state index contributed by atoms with van der Waals surface area (Å²) in [6.45, 7) is 1.74. The van der Waals surface area contributed by atoms with Crippen LogP contribution in [-0.2, 0) is 10.0 Å². The number of hydrogen-bond acceptors (Lipinski definition) is 4. The SMILES string of the molecule is Cc1cc(I)ccc1Nc1c(S(=O)(=O)NO)ccc(F)c1F. The Balaban J connectivity index is 2.61. The number of benzene rings is 2. The molecule has 118 valence electrons. The van der Waals surface area contributed by atoms with Gasteiger partial charge in [0.25, 0.3) is 10.0 Å². The maximum atomic E-state index is 14.0. The van der Waals surface area contributed by atoms with Gasteiger partial charge >= 0.3 is 0 Å². The second kappa shape index (κ2) is 6.44. The maximum absolute atomic E-state index is 14.0. The third-order valence-electron chi connectivity index (χ3n) is 2.91. The van der Waals surface area contributed by atoms with Crippen LogP contribution in [0, 0.1) is 22.1 Å². The minimum absolute atomic E-state index is 0.416. The summed E-state index contributed by atoms with van der Waals surface area (Å²) in [7, 11) is -4.37. The lowest BCUT2D eigenvalue weighted by atomic mass is 10.2. The first kappa shape index (κ1) is 17.1. The van der Waals surface area contributed by atoms with E-state index in [1.54, 1.807) is 25.1 Å². The fourth-order valence-electron chi connectivity index (χ4n) is 1.82. The van der Waals surface area contributed by atoms with Crippen molar-refractivity contribution in [1.29, 1.82) is 0 Å². The van der Waals surface area contributed by atoms with Crippen LogP contribution in [0.15, 0.2) is 35.2 Å². The Hall–Kier alpha value is -1.30. The van der Waals surface area contributed by atoms with Crippen LogP contribution in [-0.4, -0.2) is 13.6 Å². The fourth-order valence-corrected chi connectivity index (χ4v) is 3.23. The summed E-state index contributed by atoms with van der Waals surface area (Å²) < 4.78 is 51.8. The first-order valence-electron chi connectivity index (χ1n) is 5.93. The number of anilines is 2. The molecule has 0 atom stereocenters. The maximum Gasteiger partial charge on any atom is 0.264 e. The number of halogens is 3. The van der Waals surface area contributed by atoms with Gasteiger partial charge in [0, 0.05) is 9.26 Å². The monoisotopic (exact) mass is 440 g/mol. The second-order valence-corrected chi connectivity index (χ2v) is 7.29. The van der Waals surface area contributed by atoms with Gasteiger partial charge in [-0.3, -0.25) is 0 Å². The molecule has 0 aliphatic rings. The van der Waals surface area contributed by atoms with Crippen LogP contribution < -0.4 is 10.2 Å². The highest BCUT2D eigenvalue weighted by atomic mass is 127. The average Bonchev–Trinajstić information content (AvgIpc) is 2.46. The van der Waals surface area contributed by atoms with E-state index >= 15 is 0 Å². The third-order valence-corrected chi connectivity index (χ3v) is 4.75. The van der Waals surface area contributed by atoms with Gasteiger partial charge in [0.1, 0.15) is 4.90 Å². The number of nitrogens with one attached hydrogen (secondary N) is 2. The first-order valence-corrected chi connectivity index (χ1v) is 8.49. The molecule has 0 aliphatic carbocycles. The van der Waals surface area contributed by atoms with Gasteiger partial charge in [-0.1, -0.05) is 4.89 Å². The standard InChI is InChI=1S/C13H11F2IN2O3S/c1-7-6-8(16)2-4-10(7)17-13-11(22(20,21)18-19)5-3-9(14)12(13)15/h2-6,17-19H,1H3. The van der Waals surface area contributed by atoms with Gasteiger partial charge in [0.05, 0.1) is 5.69 Å². The Bertz CT molecular complexity index is 828. The molecule has 2 aromatic carbocycles. The predicted molar refractivity (Wildman–Crippen MR) is 85.6 cm³/mol. The van der Waals surface area contributed by atoms with E-state index in [9.17, 15) is 17.2 Å². The summed E-state index contributed by atoms with van der Waals surface area (Å²) in [5, 5.41) is 11.3. The molecule has 0 aromatic heterocycles. The lowest BCUT2D eigenvalue weighted by molar-refractivity contribution is 0.242. The smallest absolute Gasteiger partial charge is 0.264 e. The topological polar surface area (TPSA) is 78.4 Å². The number of hydrogen-bond donors (Lipinski definition) is 3. The summed E-state index contributed by atoms with van der Waals surface area (Å²) in [6, 6.07) is 6.67. The molecule has 0 heterocycles. The molecule has 0 aliphatic heterocycles. The van der Waals surface area contributed by atoms with Crippen LogP contribution in [0.4, 0.5) is 20.2 Å². The largest absolute Gasteiger partial charge is 0.352 e. The first-order chi connectivity index (χ1) is 10.3. The fraction of sp³-hybridized carbons (Fsp3) is 0.0769. The Kier molecular flexibility index (Phi) is 5.00. The van der Waals surface area contributed by atoms with E-state index in [0.717, 1.165) is 20.1 Å². The molecular weight excluding hydrogens is 429 g/mol. The Morgan fingerprint density at radius 2 is 1.86 bits per heavy atom. The zero-order valence-electron chi connectivity index (χ0n) is 11.2. The Morgan fingerprint density at radius 3 is 2.45 bits per heavy atom. The highest BCUT2D eigenvalue weighted by Gasteiger charge is 2.23. The second-order valence-electron chi connectivity index (χ2n) is 4.41. The number of sulfonamides is 1. The van der Waals surface area contributed by atoms with Crippen molar-refractivity contribution < 1.29 is 22.4 Å². The van der Waals surface area contributed by atoms with Crippen LogP contribution >= 0.6 is 22.6 Å². The van der Waals surface area contributed by atoms with Crippen molar-refractivity contribution >= 4 is 44.0 Å². The molecule has 0 radical (unpaired) electrons. The summed E-state index contributed by atoms with van der Waals surface area (Å²) >= 11 is 2.09. The summed E-state index contributed by atoms with van der Waals surface area (Å²) in [5.41, 5.74) is 0.557. The van der Waals surface area contributed by atoms with Crippen LogP contribution in [0.25, 0.3) is 0 Å². The molecule has 0 saturated heterocycles. The van der Waals surface area contributed by atoms with E-state index < -0.39 is 32.2 Å². The molecule has 22 heavy (non-hydrogen) atoms. The quantitative estimate of drug-likeness (QED) is 0.504. The van der Waals surface area contributed by atoms with E-state index in [2.05, 4.69) is 27.9 Å². The van der Waals surface area contributed by atoms with E-state index in [0.29, 0.717) is 11.8 Å². The van der Waals surface area contributed by atoms with Crippen molar-refractivity contribution in [2.24, 2.45) is 0 Å². The Labute approximate surface area is 139 Å². The van der Waals surface area contributed by atoms with E-state index in [4.69, 9.17) is 5.21 Å². The zero-order valence-corrected chi connectivity index (χ0v) is 14.2. The molecular formula is C13H11F2IN2O3S. The Morgan fingerprint density at radius 1 is 1.18 bits per heavy atom. The van der Waals surface area contributed by atoms with Crippen molar-refractivity contribution in [3.8, 4) is 0 Å². The molecule has 0 bridgehead atoms. The summed E-state index contributed by atoms with van der Waals surface area (Å²) in [6.07, 6.45) is 0. The highest BCUT2D eigenvalue weighted by Crippen LogP contribution is 2.31. The van der Waals surface area contributed by atoms with Gasteiger partial charge in [0.15, 0.2) is 11.6 Å². The van der Waals surface area contributed by atoms with Crippen molar-refractivity contribution in [2.75, 3.05) is 5.32 Å². The van der Waals surface area contributed by atoms with E-state index in [1.165, 1.54) is 0 Å². The van der Waals surface area contributed by atoms with Gasteiger partial charge in [-0.15, -0.1) is 0 Å². The summed E-state index contributed by atoms with van der Waals surface area (Å²) in [4.78, 5) is 0.491. The van der Waals surface area contributed by atoms with Crippen LogP contribution in [0.1, 0.15) is 5.56 Å². The third kappa shape index (κ3) is 3.37.